The molecule has 18 heavy (non-hydrogen) atoms. The van der Waals surface area contributed by atoms with E-state index in [9.17, 15) is 4.79 Å². The zero-order valence-corrected chi connectivity index (χ0v) is 10.3. The van der Waals surface area contributed by atoms with Crippen molar-refractivity contribution in [2.75, 3.05) is 7.11 Å². The number of carbonyl (C=O) groups is 1. The number of carboxylic acids is 1. The maximum absolute atomic E-state index is 10.6. The van der Waals surface area contributed by atoms with Crippen LogP contribution in [-0.2, 0) is 0 Å². The van der Waals surface area contributed by atoms with Crippen LogP contribution < -0.4 is 4.74 Å². The third-order valence-corrected chi connectivity index (χ3v) is 3.04. The molecule has 0 radical (unpaired) electrons. The number of nitrogens with zero attached hydrogens (tertiary/aromatic N) is 2. The molecule has 2 aromatic rings. The molecule has 0 aliphatic rings. The van der Waals surface area contributed by atoms with Crippen molar-refractivity contribution >= 4 is 17.7 Å². The molecule has 92 valence electrons. The average molecular weight is 262 g/mol. The van der Waals surface area contributed by atoms with Crippen molar-refractivity contribution in [1.29, 1.82) is 0 Å². The van der Waals surface area contributed by atoms with E-state index in [1.54, 1.807) is 13.2 Å². The molecule has 0 saturated heterocycles. The minimum absolute atomic E-state index is 0.0648. The maximum Gasteiger partial charge on any atom is 0.356 e. The first-order chi connectivity index (χ1) is 8.69. The summed E-state index contributed by atoms with van der Waals surface area (Å²) in [6, 6.07) is 10.6. The van der Waals surface area contributed by atoms with Crippen molar-refractivity contribution in [3.05, 3.63) is 42.1 Å². The first-order valence-corrected chi connectivity index (χ1v) is 5.89. The molecule has 6 heteroatoms. The van der Waals surface area contributed by atoms with Crippen LogP contribution in [0.1, 0.15) is 10.5 Å². The molecule has 0 spiro atoms. The van der Waals surface area contributed by atoms with Gasteiger partial charge in [-0.05, 0) is 30.3 Å². The second-order valence-corrected chi connectivity index (χ2v) is 4.44. The van der Waals surface area contributed by atoms with Gasteiger partial charge in [-0.1, -0.05) is 17.8 Å². The predicted molar refractivity (Wildman–Crippen MR) is 66.1 cm³/mol. The van der Waals surface area contributed by atoms with Crippen LogP contribution >= 0.6 is 11.8 Å². The molecular weight excluding hydrogens is 252 g/mol. The van der Waals surface area contributed by atoms with Gasteiger partial charge in [-0.2, -0.15) is 0 Å². The third kappa shape index (κ3) is 2.98. The van der Waals surface area contributed by atoms with Crippen LogP contribution in [-0.4, -0.2) is 28.4 Å². The fourth-order valence-corrected chi connectivity index (χ4v) is 2.05. The average Bonchev–Trinajstić information content (AvgIpc) is 2.39. The SMILES string of the molecule is COc1cccc(Sc2ccc(C(=O)O)nn2)c1. The Bertz CT molecular complexity index is 558. The number of aromatic carboxylic acids is 1. The second kappa shape index (κ2) is 5.50. The fourth-order valence-electron chi connectivity index (χ4n) is 1.27. The molecule has 0 bridgehead atoms. The highest BCUT2D eigenvalue weighted by atomic mass is 32.2. The Morgan fingerprint density at radius 2 is 2.11 bits per heavy atom. The lowest BCUT2D eigenvalue weighted by Gasteiger charge is -2.03. The van der Waals surface area contributed by atoms with E-state index in [2.05, 4.69) is 10.2 Å². The summed E-state index contributed by atoms with van der Waals surface area (Å²) in [4.78, 5) is 11.6. The van der Waals surface area contributed by atoms with E-state index in [0.717, 1.165) is 10.6 Å². The topological polar surface area (TPSA) is 72.3 Å². The van der Waals surface area contributed by atoms with Gasteiger partial charge in [0.25, 0.3) is 0 Å². The number of benzene rings is 1. The van der Waals surface area contributed by atoms with Gasteiger partial charge in [0.05, 0.1) is 7.11 Å². The molecule has 2 rings (SSSR count). The summed E-state index contributed by atoms with van der Waals surface area (Å²) in [5.74, 6) is -0.324. The van der Waals surface area contributed by atoms with Crippen LogP contribution in [0.2, 0.25) is 0 Å². The van der Waals surface area contributed by atoms with E-state index in [-0.39, 0.29) is 5.69 Å². The van der Waals surface area contributed by atoms with Gasteiger partial charge in [0, 0.05) is 4.90 Å². The van der Waals surface area contributed by atoms with Gasteiger partial charge >= 0.3 is 5.97 Å². The Hall–Kier alpha value is -2.08. The molecule has 1 heterocycles. The van der Waals surface area contributed by atoms with Crippen LogP contribution in [0.4, 0.5) is 0 Å². The Balaban J connectivity index is 2.15. The van der Waals surface area contributed by atoms with E-state index in [0.29, 0.717) is 5.03 Å². The van der Waals surface area contributed by atoms with Crippen LogP contribution in [0.3, 0.4) is 0 Å². The monoisotopic (exact) mass is 262 g/mol. The van der Waals surface area contributed by atoms with E-state index in [1.807, 2.05) is 24.3 Å². The summed E-state index contributed by atoms with van der Waals surface area (Å²) in [7, 11) is 1.60. The van der Waals surface area contributed by atoms with E-state index in [4.69, 9.17) is 9.84 Å². The number of carboxylic acid groups (broad SMARTS) is 1. The molecule has 0 amide bonds. The molecule has 0 aliphatic carbocycles. The molecule has 0 aliphatic heterocycles. The molecule has 0 atom stereocenters. The first kappa shape index (κ1) is 12.4. The van der Waals surface area contributed by atoms with Gasteiger partial charge in [-0.25, -0.2) is 4.79 Å². The summed E-state index contributed by atoms with van der Waals surface area (Å²) < 4.78 is 5.12. The minimum Gasteiger partial charge on any atom is -0.497 e. The van der Waals surface area contributed by atoms with Gasteiger partial charge in [0.2, 0.25) is 0 Å². The van der Waals surface area contributed by atoms with Gasteiger partial charge in [-0.15, -0.1) is 10.2 Å². The molecule has 1 N–H and O–H groups in total. The Labute approximate surface area is 108 Å². The van der Waals surface area contributed by atoms with Crippen molar-refractivity contribution in [2.24, 2.45) is 0 Å². The lowest BCUT2D eigenvalue weighted by Crippen LogP contribution is -2.01. The van der Waals surface area contributed by atoms with Gasteiger partial charge < -0.3 is 9.84 Å². The highest BCUT2D eigenvalue weighted by molar-refractivity contribution is 7.99. The normalized spacial score (nSPS) is 10.1. The maximum atomic E-state index is 10.6. The number of rotatable bonds is 4. The van der Waals surface area contributed by atoms with E-state index < -0.39 is 5.97 Å². The second-order valence-electron chi connectivity index (χ2n) is 3.34. The highest BCUT2D eigenvalue weighted by Gasteiger charge is 2.06. The summed E-state index contributed by atoms with van der Waals surface area (Å²) in [5.41, 5.74) is -0.0648. The van der Waals surface area contributed by atoms with Crippen LogP contribution in [0.25, 0.3) is 0 Å². The van der Waals surface area contributed by atoms with E-state index >= 15 is 0 Å². The predicted octanol–water partition coefficient (Wildman–Crippen LogP) is 2.33. The molecular formula is C12H10N2O3S. The molecule has 0 saturated carbocycles. The number of hydrogen-bond donors (Lipinski definition) is 1. The number of hydrogen-bond acceptors (Lipinski definition) is 5. The summed E-state index contributed by atoms with van der Waals surface area (Å²) in [6.07, 6.45) is 0. The highest BCUT2D eigenvalue weighted by Crippen LogP contribution is 2.28. The smallest absolute Gasteiger partial charge is 0.356 e. The summed E-state index contributed by atoms with van der Waals surface area (Å²) >= 11 is 1.39. The molecule has 0 fully saturated rings. The van der Waals surface area contributed by atoms with Crippen molar-refractivity contribution in [1.82, 2.24) is 10.2 Å². The van der Waals surface area contributed by atoms with Crippen molar-refractivity contribution in [3.8, 4) is 5.75 Å². The van der Waals surface area contributed by atoms with Crippen LogP contribution in [0.5, 0.6) is 5.75 Å². The fraction of sp³-hybridized carbons (Fsp3) is 0.0833. The number of methoxy groups -OCH3 is 1. The lowest BCUT2D eigenvalue weighted by molar-refractivity contribution is 0.0689. The van der Waals surface area contributed by atoms with Crippen molar-refractivity contribution < 1.29 is 14.6 Å². The summed E-state index contributed by atoms with van der Waals surface area (Å²) in [6.45, 7) is 0. The number of ether oxygens (including phenoxy) is 1. The van der Waals surface area contributed by atoms with Gasteiger partial charge in [0.15, 0.2) is 5.69 Å². The van der Waals surface area contributed by atoms with Crippen LogP contribution in [0, 0.1) is 0 Å². The lowest BCUT2D eigenvalue weighted by atomic mass is 10.3. The quantitative estimate of drug-likeness (QED) is 0.911. The largest absolute Gasteiger partial charge is 0.497 e. The zero-order valence-electron chi connectivity index (χ0n) is 9.53. The zero-order chi connectivity index (χ0) is 13.0. The molecule has 0 unspecified atom stereocenters. The first-order valence-electron chi connectivity index (χ1n) is 5.08. The van der Waals surface area contributed by atoms with Gasteiger partial charge in [0.1, 0.15) is 10.8 Å². The Morgan fingerprint density at radius 3 is 2.72 bits per heavy atom. The summed E-state index contributed by atoms with van der Waals surface area (Å²) in [5, 5.41) is 16.8. The molecule has 1 aromatic heterocycles. The Morgan fingerprint density at radius 1 is 1.28 bits per heavy atom. The Kier molecular flexibility index (Phi) is 3.78. The van der Waals surface area contributed by atoms with Crippen LogP contribution in [0.15, 0.2) is 46.3 Å². The van der Waals surface area contributed by atoms with Gasteiger partial charge in [-0.3, -0.25) is 0 Å². The van der Waals surface area contributed by atoms with E-state index in [1.165, 1.54) is 17.8 Å². The standard InChI is InChI=1S/C12H10N2O3S/c1-17-8-3-2-4-9(7-8)18-11-6-5-10(12(15)16)13-14-11/h2-7H,1H3,(H,15,16). The third-order valence-electron chi connectivity index (χ3n) is 2.12. The minimum atomic E-state index is -1.08. The van der Waals surface area contributed by atoms with Crippen molar-refractivity contribution in [2.45, 2.75) is 9.92 Å². The number of aromatic nitrogens is 2. The molecule has 5 nitrogen and oxygen atoms in total. The molecule has 1 aromatic carbocycles. The van der Waals surface area contributed by atoms with Crippen molar-refractivity contribution in [3.63, 3.8) is 0 Å².